The summed E-state index contributed by atoms with van der Waals surface area (Å²) in [6.07, 6.45) is 3.99. The highest BCUT2D eigenvalue weighted by atomic mass is 14.6. The number of aryl methyl sites for hydroxylation is 1. The molecule has 0 spiro atoms. The zero-order valence-electron chi connectivity index (χ0n) is 9.21. The van der Waals surface area contributed by atoms with Gasteiger partial charge in [-0.2, -0.15) is 0 Å². The summed E-state index contributed by atoms with van der Waals surface area (Å²) in [6.45, 7) is 1.44. The Hall–Kier alpha value is -1.06. The van der Waals surface area contributed by atoms with E-state index in [1.54, 1.807) is 0 Å². The summed E-state index contributed by atoms with van der Waals surface area (Å²) in [4.78, 5) is 0. The normalized spacial score (nSPS) is 10.5. The van der Waals surface area contributed by atoms with Crippen LogP contribution in [-0.2, 0) is 12.8 Å². The van der Waals surface area contributed by atoms with Crippen LogP contribution in [-0.4, -0.2) is 13.1 Å². The van der Waals surface area contributed by atoms with Gasteiger partial charge in [0.1, 0.15) is 0 Å². The van der Waals surface area contributed by atoms with Crippen LogP contribution in [0.2, 0.25) is 0 Å². The molecule has 0 bridgehead atoms. The maximum Gasteiger partial charge on any atom is 0.0349 e. The van der Waals surface area contributed by atoms with Gasteiger partial charge in [-0.3, -0.25) is 0 Å². The van der Waals surface area contributed by atoms with Crippen molar-refractivity contribution in [3.05, 3.63) is 29.3 Å². The predicted octanol–water partition coefficient (Wildman–Crippen LogP) is 1.05. The molecule has 0 aliphatic carbocycles. The van der Waals surface area contributed by atoms with E-state index in [2.05, 4.69) is 6.07 Å². The van der Waals surface area contributed by atoms with Gasteiger partial charge in [-0.05, 0) is 56.0 Å². The predicted molar refractivity (Wildman–Crippen MR) is 65.6 cm³/mol. The van der Waals surface area contributed by atoms with Gasteiger partial charge in [-0.15, -0.1) is 0 Å². The summed E-state index contributed by atoms with van der Waals surface area (Å²) in [7, 11) is 0. The van der Waals surface area contributed by atoms with E-state index in [9.17, 15) is 0 Å². The third-order valence-corrected chi connectivity index (χ3v) is 2.59. The zero-order chi connectivity index (χ0) is 11.1. The van der Waals surface area contributed by atoms with Crippen LogP contribution in [0.25, 0.3) is 0 Å². The maximum atomic E-state index is 5.96. The van der Waals surface area contributed by atoms with E-state index in [0.717, 1.165) is 37.9 Å². The summed E-state index contributed by atoms with van der Waals surface area (Å²) in [6, 6.07) is 6.10. The highest BCUT2D eigenvalue weighted by molar-refractivity contribution is 5.51. The van der Waals surface area contributed by atoms with Crippen molar-refractivity contribution in [3.8, 4) is 0 Å². The summed E-state index contributed by atoms with van der Waals surface area (Å²) in [5, 5.41) is 0. The summed E-state index contributed by atoms with van der Waals surface area (Å²) in [5.74, 6) is 0. The molecule has 84 valence electrons. The van der Waals surface area contributed by atoms with Crippen LogP contribution < -0.4 is 17.2 Å². The minimum atomic E-state index is 0.713. The van der Waals surface area contributed by atoms with Gasteiger partial charge in [0, 0.05) is 5.69 Å². The van der Waals surface area contributed by atoms with Crippen LogP contribution in [0, 0.1) is 0 Å². The van der Waals surface area contributed by atoms with Gasteiger partial charge >= 0.3 is 0 Å². The highest BCUT2D eigenvalue weighted by Crippen LogP contribution is 2.20. The third-order valence-electron chi connectivity index (χ3n) is 2.59. The van der Waals surface area contributed by atoms with E-state index in [4.69, 9.17) is 17.2 Å². The topological polar surface area (TPSA) is 78.1 Å². The summed E-state index contributed by atoms with van der Waals surface area (Å²) >= 11 is 0. The van der Waals surface area contributed by atoms with Gasteiger partial charge in [0.05, 0.1) is 0 Å². The number of rotatable bonds is 6. The smallest absolute Gasteiger partial charge is 0.0349 e. The van der Waals surface area contributed by atoms with Crippen molar-refractivity contribution in [2.75, 3.05) is 18.8 Å². The molecule has 0 saturated carbocycles. The average molecular weight is 207 g/mol. The number of hydrogen-bond acceptors (Lipinski definition) is 3. The van der Waals surface area contributed by atoms with E-state index in [0.29, 0.717) is 6.54 Å². The molecule has 0 radical (unpaired) electrons. The minimum absolute atomic E-state index is 0.713. The first-order valence-corrected chi connectivity index (χ1v) is 5.56. The molecule has 0 heterocycles. The van der Waals surface area contributed by atoms with Crippen LogP contribution in [0.1, 0.15) is 24.0 Å². The van der Waals surface area contributed by atoms with Crippen LogP contribution >= 0.6 is 0 Å². The molecular formula is C12H21N3. The number of anilines is 1. The molecule has 1 aromatic rings. The SMILES string of the molecule is NCCCc1cccc(N)c1CCCN. The Kier molecular flexibility index (Phi) is 5.15. The lowest BCUT2D eigenvalue weighted by Gasteiger charge is -2.11. The largest absolute Gasteiger partial charge is 0.398 e. The zero-order valence-corrected chi connectivity index (χ0v) is 9.21. The molecule has 15 heavy (non-hydrogen) atoms. The molecule has 0 unspecified atom stereocenters. The number of nitrogens with two attached hydrogens (primary N) is 3. The van der Waals surface area contributed by atoms with E-state index in [-0.39, 0.29) is 0 Å². The summed E-state index contributed by atoms with van der Waals surface area (Å²) < 4.78 is 0. The molecule has 0 aliphatic heterocycles. The molecule has 1 aromatic carbocycles. The first-order valence-electron chi connectivity index (χ1n) is 5.56. The second-order valence-electron chi connectivity index (χ2n) is 3.77. The fourth-order valence-corrected chi connectivity index (χ4v) is 1.76. The Labute approximate surface area is 91.6 Å². The summed E-state index contributed by atoms with van der Waals surface area (Å²) in [5.41, 5.74) is 20.5. The minimum Gasteiger partial charge on any atom is -0.398 e. The fourth-order valence-electron chi connectivity index (χ4n) is 1.76. The van der Waals surface area contributed by atoms with E-state index >= 15 is 0 Å². The number of hydrogen-bond donors (Lipinski definition) is 3. The van der Waals surface area contributed by atoms with Crippen molar-refractivity contribution in [2.24, 2.45) is 11.5 Å². The first-order chi connectivity index (χ1) is 7.29. The lowest BCUT2D eigenvalue weighted by molar-refractivity contribution is 0.793. The Morgan fingerprint density at radius 1 is 0.933 bits per heavy atom. The molecule has 0 saturated heterocycles. The van der Waals surface area contributed by atoms with Crippen LogP contribution in [0.5, 0.6) is 0 Å². The maximum absolute atomic E-state index is 5.96. The third kappa shape index (κ3) is 3.53. The second-order valence-corrected chi connectivity index (χ2v) is 3.77. The van der Waals surface area contributed by atoms with E-state index < -0.39 is 0 Å². The van der Waals surface area contributed by atoms with Crippen LogP contribution in [0.4, 0.5) is 5.69 Å². The lowest BCUT2D eigenvalue weighted by Crippen LogP contribution is -2.07. The van der Waals surface area contributed by atoms with Gasteiger partial charge < -0.3 is 17.2 Å². The standard InChI is InChI=1S/C12H21N3/c13-8-2-5-10-4-1-7-12(15)11(10)6-3-9-14/h1,4,7H,2-3,5-6,8-9,13-15H2. The quantitative estimate of drug-likeness (QED) is 0.610. The molecule has 0 aromatic heterocycles. The first kappa shape index (κ1) is 12.0. The fraction of sp³-hybridized carbons (Fsp3) is 0.500. The second kappa shape index (κ2) is 6.43. The number of nitrogen functional groups attached to an aromatic ring is 1. The molecular weight excluding hydrogens is 186 g/mol. The van der Waals surface area contributed by atoms with Crippen LogP contribution in [0.15, 0.2) is 18.2 Å². The van der Waals surface area contributed by atoms with Gasteiger partial charge in [-0.25, -0.2) is 0 Å². The highest BCUT2D eigenvalue weighted by Gasteiger charge is 2.05. The van der Waals surface area contributed by atoms with Gasteiger partial charge in [0.25, 0.3) is 0 Å². The molecule has 0 aliphatic rings. The molecule has 1 rings (SSSR count). The van der Waals surface area contributed by atoms with Crippen molar-refractivity contribution >= 4 is 5.69 Å². The average Bonchev–Trinajstić information content (AvgIpc) is 2.25. The van der Waals surface area contributed by atoms with Gasteiger partial charge in [-0.1, -0.05) is 12.1 Å². The Morgan fingerprint density at radius 3 is 2.27 bits per heavy atom. The molecule has 0 amide bonds. The van der Waals surface area contributed by atoms with Crippen LogP contribution in [0.3, 0.4) is 0 Å². The lowest BCUT2D eigenvalue weighted by atomic mass is 9.97. The van der Waals surface area contributed by atoms with Crippen molar-refractivity contribution < 1.29 is 0 Å². The van der Waals surface area contributed by atoms with E-state index in [1.165, 1.54) is 11.1 Å². The Morgan fingerprint density at radius 2 is 1.60 bits per heavy atom. The van der Waals surface area contributed by atoms with Crippen molar-refractivity contribution in [1.82, 2.24) is 0 Å². The van der Waals surface area contributed by atoms with Crippen molar-refractivity contribution in [3.63, 3.8) is 0 Å². The van der Waals surface area contributed by atoms with E-state index in [1.807, 2.05) is 12.1 Å². The Balaban J connectivity index is 2.77. The molecule has 3 heteroatoms. The molecule has 0 atom stereocenters. The monoisotopic (exact) mass is 207 g/mol. The molecule has 3 nitrogen and oxygen atoms in total. The number of benzene rings is 1. The molecule has 6 N–H and O–H groups in total. The van der Waals surface area contributed by atoms with Gasteiger partial charge in [0.2, 0.25) is 0 Å². The van der Waals surface area contributed by atoms with Gasteiger partial charge in [0.15, 0.2) is 0 Å². The van der Waals surface area contributed by atoms with Crippen molar-refractivity contribution in [1.29, 1.82) is 0 Å². The molecule has 0 fully saturated rings. The Bertz CT molecular complexity index is 297. The van der Waals surface area contributed by atoms with Crippen molar-refractivity contribution in [2.45, 2.75) is 25.7 Å².